The number of carbonyl (C=O) groups excluding carboxylic acids is 1. The monoisotopic (exact) mass is 396 g/mol. The number of nitrogens with one attached hydrogen (secondary N) is 1. The summed E-state index contributed by atoms with van der Waals surface area (Å²) in [5.74, 6) is -0.104. The zero-order valence-corrected chi connectivity index (χ0v) is 15.1. The molecule has 1 saturated heterocycles. The maximum atomic E-state index is 12.1. The van der Waals surface area contributed by atoms with Gasteiger partial charge in [-0.1, -0.05) is 12.1 Å². The summed E-state index contributed by atoms with van der Waals surface area (Å²) in [7, 11) is -3.24. The van der Waals surface area contributed by atoms with Gasteiger partial charge in [-0.15, -0.1) is 0 Å². The number of nitrogens with zero attached hydrogens (tertiary/aromatic N) is 1. The Kier molecular flexibility index (Phi) is 5.59. The quantitative estimate of drug-likeness (QED) is 0.815. The van der Waals surface area contributed by atoms with E-state index in [1.807, 2.05) is 0 Å². The molecule has 3 rings (SSSR count). The standard InChI is InChI=1S/C18H18F2N2O4S/c19-18(20)26-16-8-2-13(3-9-16)12-17(23)21-14-4-6-15(7-5-14)22-10-1-11-27(22,24)25/h2-9,18H,1,10-12H2,(H,21,23). The van der Waals surface area contributed by atoms with Gasteiger partial charge in [0.2, 0.25) is 15.9 Å². The summed E-state index contributed by atoms with van der Waals surface area (Å²) >= 11 is 0. The van der Waals surface area contributed by atoms with Crippen LogP contribution in [0.4, 0.5) is 20.2 Å². The van der Waals surface area contributed by atoms with Crippen LogP contribution in [0.5, 0.6) is 5.75 Å². The fourth-order valence-corrected chi connectivity index (χ4v) is 4.38. The van der Waals surface area contributed by atoms with Crippen LogP contribution < -0.4 is 14.4 Å². The average molecular weight is 396 g/mol. The molecule has 1 aliphatic heterocycles. The Hall–Kier alpha value is -2.68. The third-order valence-corrected chi connectivity index (χ3v) is 5.92. The maximum absolute atomic E-state index is 12.1. The number of rotatable bonds is 6. The molecule has 1 aliphatic rings. The normalized spacial score (nSPS) is 15.7. The van der Waals surface area contributed by atoms with E-state index < -0.39 is 16.6 Å². The van der Waals surface area contributed by atoms with E-state index in [0.717, 1.165) is 0 Å². The number of hydrogen-bond donors (Lipinski definition) is 1. The average Bonchev–Trinajstić information content (AvgIpc) is 2.96. The predicted molar refractivity (Wildman–Crippen MR) is 97.6 cm³/mol. The first-order chi connectivity index (χ1) is 12.8. The van der Waals surface area contributed by atoms with Gasteiger partial charge in [0.1, 0.15) is 5.75 Å². The Morgan fingerprint density at radius 1 is 1.11 bits per heavy atom. The van der Waals surface area contributed by atoms with Crippen LogP contribution in [-0.4, -0.2) is 33.2 Å². The van der Waals surface area contributed by atoms with E-state index in [2.05, 4.69) is 10.1 Å². The van der Waals surface area contributed by atoms with Crippen molar-refractivity contribution in [2.75, 3.05) is 21.9 Å². The van der Waals surface area contributed by atoms with Crippen molar-refractivity contribution in [2.45, 2.75) is 19.5 Å². The lowest BCUT2D eigenvalue weighted by molar-refractivity contribution is -0.115. The second kappa shape index (κ2) is 7.91. The Morgan fingerprint density at radius 3 is 2.33 bits per heavy atom. The van der Waals surface area contributed by atoms with Gasteiger partial charge in [0.25, 0.3) is 0 Å². The molecule has 0 aromatic heterocycles. The first kappa shape index (κ1) is 19.1. The highest BCUT2D eigenvalue weighted by molar-refractivity contribution is 7.93. The van der Waals surface area contributed by atoms with Gasteiger partial charge in [-0.2, -0.15) is 8.78 Å². The third-order valence-electron chi connectivity index (χ3n) is 4.05. The summed E-state index contributed by atoms with van der Waals surface area (Å²) in [5.41, 5.74) is 1.76. The van der Waals surface area contributed by atoms with E-state index in [4.69, 9.17) is 0 Å². The Labute approximate surface area is 155 Å². The van der Waals surface area contributed by atoms with Gasteiger partial charge in [0, 0.05) is 12.2 Å². The number of amides is 1. The molecule has 0 radical (unpaired) electrons. The van der Waals surface area contributed by atoms with Crippen molar-refractivity contribution in [3.8, 4) is 5.75 Å². The molecule has 27 heavy (non-hydrogen) atoms. The number of anilines is 2. The predicted octanol–water partition coefficient (Wildman–Crippen LogP) is 3.01. The number of hydrogen-bond acceptors (Lipinski definition) is 4. The third kappa shape index (κ3) is 4.94. The van der Waals surface area contributed by atoms with Crippen molar-refractivity contribution in [3.05, 3.63) is 54.1 Å². The van der Waals surface area contributed by atoms with Gasteiger partial charge in [0.15, 0.2) is 0 Å². The molecule has 1 fully saturated rings. The molecule has 2 aromatic rings. The van der Waals surface area contributed by atoms with E-state index in [1.54, 1.807) is 36.4 Å². The molecule has 0 atom stereocenters. The SMILES string of the molecule is O=C(Cc1ccc(OC(F)F)cc1)Nc1ccc(N2CCCS2(=O)=O)cc1. The molecule has 0 aliphatic carbocycles. The summed E-state index contributed by atoms with van der Waals surface area (Å²) < 4.78 is 53.7. The van der Waals surface area contributed by atoms with Crippen LogP contribution in [0.3, 0.4) is 0 Å². The molecule has 144 valence electrons. The number of alkyl halides is 2. The summed E-state index contributed by atoms with van der Waals surface area (Å²) in [6.45, 7) is -2.43. The second-order valence-corrected chi connectivity index (χ2v) is 8.05. The fraction of sp³-hybridized carbons (Fsp3) is 0.278. The highest BCUT2D eigenvalue weighted by Crippen LogP contribution is 2.25. The van der Waals surface area contributed by atoms with Crippen LogP contribution >= 0.6 is 0 Å². The van der Waals surface area contributed by atoms with E-state index >= 15 is 0 Å². The Morgan fingerprint density at radius 2 is 1.78 bits per heavy atom. The molecule has 0 spiro atoms. The molecule has 2 aromatic carbocycles. The first-order valence-electron chi connectivity index (χ1n) is 8.27. The molecule has 6 nitrogen and oxygen atoms in total. The molecule has 0 saturated carbocycles. The van der Waals surface area contributed by atoms with Gasteiger partial charge in [-0.25, -0.2) is 8.42 Å². The van der Waals surface area contributed by atoms with Crippen molar-refractivity contribution < 1.29 is 26.7 Å². The Bertz CT molecular complexity index is 900. The Balaban J connectivity index is 1.58. The fourth-order valence-electron chi connectivity index (χ4n) is 2.82. The lowest BCUT2D eigenvalue weighted by atomic mass is 10.1. The van der Waals surface area contributed by atoms with Gasteiger partial charge >= 0.3 is 6.61 Å². The van der Waals surface area contributed by atoms with Crippen LogP contribution in [0.15, 0.2) is 48.5 Å². The number of ether oxygens (including phenoxy) is 1. The molecular formula is C18H18F2N2O4S. The highest BCUT2D eigenvalue weighted by Gasteiger charge is 2.28. The van der Waals surface area contributed by atoms with Crippen LogP contribution in [0, 0.1) is 0 Å². The number of benzene rings is 2. The molecule has 1 amide bonds. The molecule has 9 heteroatoms. The van der Waals surface area contributed by atoms with Gasteiger partial charge in [-0.3, -0.25) is 9.10 Å². The summed E-state index contributed by atoms with van der Waals surface area (Å²) in [6.07, 6.45) is 0.666. The highest BCUT2D eigenvalue weighted by atomic mass is 32.2. The minimum Gasteiger partial charge on any atom is -0.435 e. The smallest absolute Gasteiger partial charge is 0.387 e. The van der Waals surface area contributed by atoms with Crippen LogP contribution in [0.2, 0.25) is 0 Å². The van der Waals surface area contributed by atoms with E-state index in [1.165, 1.54) is 16.4 Å². The maximum Gasteiger partial charge on any atom is 0.387 e. The molecule has 0 unspecified atom stereocenters. The van der Waals surface area contributed by atoms with Crippen molar-refractivity contribution in [1.29, 1.82) is 0 Å². The lowest BCUT2D eigenvalue weighted by Crippen LogP contribution is -2.25. The van der Waals surface area contributed by atoms with E-state index in [9.17, 15) is 22.0 Å². The van der Waals surface area contributed by atoms with E-state index in [0.29, 0.717) is 29.9 Å². The topological polar surface area (TPSA) is 75.7 Å². The van der Waals surface area contributed by atoms with Crippen LogP contribution in [-0.2, 0) is 21.2 Å². The number of sulfonamides is 1. The molecule has 1 N–H and O–H groups in total. The zero-order chi connectivity index (χ0) is 19.4. The van der Waals surface area contributed by atoms with Crippen LogP contribution in [0.1, 0.15) is 12.0 Å². The summed E-state index contributed by atoms with van der Waals surface area (Å²) in [6, 6.07) is 12.4. The molecule has 0 bridgehead atoms. The number of carbonyl (C=O) groups is 1. The van der Waals surface area contributed by atoms with Gasteiger partial charge < -0.3 is 10.1 Å². The lowest BCUT2D eigenvalue weighted by Gasteiger charge is -2.17. The molecule has 1 heterocycles. The molecular weight excluding hydrogens is 378 g/mol. The largest absolute Gasteiger partial charge is 0.435 e. The second-order valence-electron chi connectivity index (χ2n) is 6.04. The number of halogens is 2. The van der Waals surface area contributed by atoms with Gasteiger partial charge in [0.05, 0.1) is 17.9 Å². The first-order valence-corrected chi connectivity index (χ1v) is 9.88. The minimum atomic E-state index is -3.24. The van der Waals surface area contributed by atoms with Gasteiger partial charge in [-0.05, 0) is 48.4 Å². The zero-order valence-electron chi connectivity index (χ0n) is 14.3. The van der Waals surface area contributed by atoms with Crippen LogP contribution in [0.25, 0.3) is 0 Å². The van der Waals surface area contributed by atoms with E-state index in [-0.39, 0.29) is 23.8 Å². The minimum absolute atomic E-state index is 0.0293. The van der Waals surface area contributed by atoms with Crippen molar-refractivity contribution >= 4 is 27.3 Å². The van der Waals surface area contributed by atoms with Crippen molar-refractivity contribution in [3.63, 3.8) is 0 Å². The summed E-state index contributed by atoms with van der Waals surface area (Å²) in [4.78, 5) is 12.1. The summed E-state index contributed by atoms with van der Waals surface area (Å²) in [5, 5.41) is 2.72. The van der Waals surface area contributed by atoms with Crippen molar-refractivity contribution in [1.82, 2.24) is 0 Å². The van der Waals surface area contributed by atoms with Crippen molar-refractivity contribution in [2.24, 2.45) is 0 Å².